The van der Waals surface area contributed by atoms with Gasteiger partial charge in [0.2, 0.25) is 5.91 Å². The quantitative estimate of drug-likeness (QED) is 0.819. The van der Waals surface area contributed by atoms with Gasteiger partial charge in [-0.05, 0) is 36.6 Å². The lowest BCUT2D eigenvalue weighted by Crippen LogP contribution is -2.48. The number of amides is 1. The van der Waals surface area contributed by atoms with Crippen molar-refractivity contribution in [2.24, 2.45) is 0 Å². The van der Waals surface area contributed by atoms with Gasteiger partial charge in [0, 0.05) is 43.0 Å². The van der Waals surface area contributed by atoms with Gasteiger partial charge in [-0.2, -0.15) is 5.26 Å². The summed E-state index contributed by atoms with van der Waals surface area (Å²) in [6.07, 6.45) is 3.68. The molecule has 0 spiro atoms. The van der Waals surface area contributed by atoms with Gasteiger partial charge in [0.25, 0.3) is 0 Å². The predicted molar refractivity (Wildman–Crippen MR) is 104 cm³/mol. The summed E-state index contributed by atoms with van der Waals surface area (Å²) in [7, 11) is 0. The van der Waals surface area contributed by atoms with Crippen LogP contribution < -0.4 is 10.2 Å². The molecule has 26 heavy (non-hydrogen) atoms. The maximum atomic E-state index is 12.3. The number of thioether (sulfide) groups is 1. The van der Waals surface area contributed by atoms with Gasteiger partial charge in [-0.25, -0.2) is 4.98 Å². The topological polar surface area (TPSA) is 72.3 Å². The number of benzene rings is 1. The number of piperazine rings is 1. The number of anilines is 2. The van der Waals surface area contributed by atoms with Gasteiger partial charge in [0.1, 0.15) is 5.82 Å². The molecule has 1 fully saturated rings. The number of carbonyl (C=O) groups excluding carboxylic acids is 1. The van der Waals surface area contributed by atoms with Crippen molar-refractivity contribution < 1.29 is 4.79 Å². The van der Waals surface area contributed by atoms with Gasteiger partial charge in [-0.3, -0.25) is 9.69 Å². The van der Waals surface area contributed by atoms with Crippen molar-refractivity contribution in [3.05, 3.63) is 48.2 Å². The van der Waals surface area contributed by atoms with E-state index in [9.17, 15) is 4.79 Å². The minimum Gasteiger partial charge on any atom is -0.354 e. The third-order valence-electron chi connectivity index (χ3n) is 4.29. The molecule has 2 aromatic rings. The monoisotopic (exact) mass is 367 g/mol. The van der Waals surface area contributed by atoms with E-state index in [1.54, 1.807) is 30.1 Å². The fourth-order valence-electron chi connectivity index (χ4n) is 2.90. The number of hydrogen-bond donors (Lipinski definition) is 1. The van der Waals surface area contributed by atoms with Crippen molar-refractivity contribution in [3.63, 3.8) is 0 Å². The Balaban J connectivity index is 1.50. The molecule has 1 aliphatic heterocycles. The SMILES string of the molecule is CSc1cccc(NC(=O)CN2CCN(c3cc(C#N)ccn3)CC2)c1. The van der Waals surface area contributed by atoms with Crippen LogP contribution >= 0.6 is 11.8 Å². The summed E-state index contributed by atoms with van der Waals surface area (Å²) in [5.41, 5.74) is 1.45. The second kappa shape index (κ2) is 8.70. The molecule has 134 valence electrons. The smallest absolute Gasteiger partial charge is 0.238 e. The van der Waals surface area contributed by atoms with E-state index in [0.29, 0.717) is 12.1 Å². The molecule has 1 N–H and O–H groups in total. The van der Waals surface area contributed by atoms with E-state index in [0.717, 1.165) is 42.6 Å². The highest BCUT2D eigenvalue weighted by Gasteiger charge is 2.20. The van der Waals surface area contributed by atoms with E-state index in [-0.39, 0.29) is 5.91 Å². The number of rotatable bonds is 5. The first-order valence-electron chi connectivity index (χ1n) is 8.45. The molecular weight excluding hydrogens is 346 g/mol. The molecular formula is C19H21N5OS. The Hall–Kier alpha value is -2.56. The van der Waals surface area contributed by atoms with Crippen molar-refractivity contribution in [1.82, 2.24) is 9.88 Å². The summed E-state index contributed by atoms with van der Waals surface area (Å²) < 4.78 is 0. The Morgan fingerprint density at radius 3 is 2.81 bits per heavy atom. The number of nitrogens with zero attached hydrogens (tertiary/aromatic N) is 4. The van der Waals surface area contributed by atoms with Crippen molar-refractivity contribution in [2.45, 2.75) is 4.90 Å². The summed E-state index contributed by atoms with van der Waals surface area (Å²) in [4.78, 5) is 22.1. The maximum absolute atomic E-state index is 12.3. The largest absolute Gasteiger partial charge is 0.354 e. The van der Waals surface area contributed by atoms with Crippen LogP contribution in [0.15, 0.2) is 47.5 Å². The highest BCUT2D eigenvalue weighted by atomic mass is 32.2. The van der Waals surface area contributed by atoms with Crippen LogP contribution in [0, 0.1) is 11.3 Å². The standard InChI is InChI=1S/C19H21N5OS/c1-26-17-4-2-3-16(12-17)22-19(25)14-23-7-9-24(10-8-23)18-11-15(13-20)5-6-21-18/h2-6,11-12H,7-10,14H2,1H3,(H,22,25). The van der Waals surface area contributed by atoms with Gasteiger partial charge in [-0.1, -0.05) is 6.07 Å². The fraction of sp³-hybridized carbons (Fsp3) is 0.316. The van der Waals surface area contributed by atoms with Gasteiger partial charge in [0.15, 0.2) is 0 Å². The Labute approximate surface area is 157 Å². The van der Waals surface area contributed by atoms with Gasteiger partial charge < -0.3 is 10.2 Å². The number of carbonyl (C=O) groups is 1. The van der Waals surface area contributed by atoms with Crippen LogP contribution in [0.5, 0.6) is 0 Å². The first-order chi connectivity index (χ1) is 12.7. The maximum Gasteiger partial charge on any atom is 0.238 e. The zero-order valence-corrected chi connectivity index (χ0v) is 15.5. The Morgan fingerprint density at radius 2 is 2.08 bits per heavy atom. The first kappa shape index (κ1) is 18.2. The normalized spacial score (nSPS) is 14.7. The molecule has 7 heteroatoms. The molecule has 3 rings (SSSR count). The van der Waals surface area contributed by atoms with Crippen molar-refractivity contribution >= 4 is 29.2 Å². The van der Waals surface area contributed by atoms with E-state index in [2.05, 4.69) is 26.2 Å². The molecule has 1 aromatic heterocycles. The van der Waals surface area contributed by atoms with E-state index < -0.39 is 0 Å². The first-order valence-corrected chi connectivity index (χ1v) is 9.68. The number of aromatic nitrogens is 1. The van der Waals surface area contributed by atoms with E-state index in [1.807, 2.05) is 30.5 Å². The molecule has 2 heterocycles. The Morgan fingerprint density at radius 1 is 1.27 bits per heavy atom. The van der Waals surface area contributed by atoms with Crippen LogP contribution in [0.3, 0.4) is 0 Å². The van der Waals surface area contributed by atoms with Crippen molar-refractivity contribution in [3.8, 4) is 6.07 Å². The molecule has 0 unspecified atom stereocenters. The zero-order chi connectivity index (χ0) is 18.4. The lowest BCUT2D eigenvalue weighted by atomic mass is 10.2. The van der Waals surface area contributed by atoms with Crippen LogP contribution in [0.2, 0.25) is 0 Å². The highest BCUT2D eigenvalue weighted by molar-refractivity contribution is 7.98. The summed E-state index contributed by atoms with van der Waals surface area (Å²) >= 11 is 1.65. The lowest BCUT2D eigenvalue weighted by Gasteiger charge is -2.35. The summed E-state index contributed by atoms with van der Waals surface area (Å²) in [5, 5.41) is 12.0. The second-order valence-electron chi connectivity index (χ2n) is 6.06. The van der Waals surface area contributed by atoms with Crippen molar-refractivity contribution in [1.29, 1.82) is 5.26 Å². The van der Waals surface area contributed by atoms with E-state index >= 15 is 0 Å². The molecule has 1 aromatic carbocycles. The molecule has 0 bridgehead atoms. The molecule has 0 radical (unpaired) electrons. The zero-order valence-electron chi connectivity index (χ0n) is 14.7. The van der Waals surface area contributed by atoms with Gasteiger partial charge in [0.05, 0.1) is 18.2 Å². The summed E-state index contributed by atoms with van der Waals surface area (Å²) in [6.45, 7) is 3.53. The molecule has 0 atom stereocenters. The Bertz CT molecular complexity index is 812. The minimum absolute atomic E-state index is 0.00121. The van der Waals surface area contributed by atoms with Crippen LogP contribution in [0.1, 0.15) is 5.56 Å². The van der Waals surface area contributed by atoms with Gasteiger partial charge in [-0.15, -0.1) is 11.8 Å². The third-order valence-corrected chi connectivity index (χ3v) is 5.02. The number of nitriles is 1. The van der Waals surface area contributed by atoms with E-state index in [1.165, 1.54) is 0 Å². The third kappa shape index (κ3) is 4.75. The van der Waals surface area contributed by atoms with Gasteiger partial charge >= 0.3 is 0 Å². The van der Waals surface area contributed by atoms with Crippen LogP contribution in [-0.4, -0.2) is 54.8 Å². The summed E-state index contributed by atoms with van der Waals surface area (Å²) in [6, 6.07) is 13.5. The Kier molecular flexibility index (Phi) is 6.10. The van der Waals surface area contributed by atoms with Crippen LogP contribution in [0.4, 0.5) is 11.5 Å². The highest BCUT2D eigenvalue weighted by Crippen LogP contribution is 2.19. The number of nitrogens with one attached hydrogen (secondary N) is 1. The lowest BCUT2D eigenvalue weighted by molar-refractivity contribution is -0.117. The molecule has 1 aliphatic rings. The average Bonchev–Trinajstić information content (AvgIpc) is 2.68. The second-order valence-corrected chi connectivity index (χ2v) is 6.94. The molecule has 1 saturated heterocycles. The fourth-order valence-corrected chi connectivity index (χ4v) is 3.36. The molecule has 0 saturated carbocycles. The predicted octanol–water partition coefficient (Wildman–Crippen LogP) is 2.44. The van der Waals surface area contributed by atoms with Crippen LogP contribution in [-0.2, 0) is 4.79 Å². The molecule has 0 aliphatic carbocycles. The van der Waals surface area contributed by atoms with Crippen molar-refractivity contribution in [2.75, 3.05) is 49.2 Å². The number of pyridine rings is 1. The average molecular weight is 367 g/mol. The number of hydrogen-bond acceptors (Lipinski definition) is 6. The summed E-state index contributed by atoms with van der Waals surface area (Å²) in [5.74, 6) is 0.823. The van der Waals surface area contributed by atoms with Crippen LogP contribution in [0.25, 0.3) is 0 Å². The minimum atomic E-state index is 0.00121. The molecule has 6 nitrogen and oxygen atoms in total. The van der Waals surface area contributed by atoms with E-state index in [4.69, 9.17) is 5.26 Å². The molecule has 1 amide bonds.